The van der Waals surface area contributed by atoms with Gasteiger partial charge in [0.05, 0.1) is 43.0 Å². The highest BCUT2D eigenvalue weighted by atomic mass is 16.5. The zero-order valence-corrected chi connectivity index (χ0v) is 15.0. The third kappa shape index (κ3) is 3.06. The molecule has 3 rings (SSSR count). The minimum absolute atomic E-state index is 0.202. The second-order valence-electron chi connectivity index (χ2n) is 6.50. The number of nitriles is 1. The molecule has 134 valence electrons. The number of aromatic nitrogens is 2. The van der Waals surface area contributed by atoms with E-state index in [1.54, 1.807) is 30.6 Å². The van der Waals surface area contributed by atoms with Crippen LogP contribution in [0.4, 0.5) is 0 Å². The number of benzene rings is 1. The molecule has 0 saturated carbocycles. The summed E-state index contributed by atoms with van der Waals surface area (Å²) in [6.07, 6.45) is 2.07. The quantitative estimate of drug-likeness (QED) is 0.789. The SMILES string of the molecule is COC(=O)[C@@H]1Cc2ncn(C(C)C)c2CN1C(=O)c1ccc(C#N)cc1. The van der Waals surface area contributed by atoms with Gasteiger partial charge in [-0.3, -0.25) is 4.79 Å². The molecule has 1 aliphatic heterocycles. The van der Waals surface area contributed by atoms with Gasteiger partial charge in [-0.25, -0.2) is 9.78 Å². The summed E-state index contributed by atoms with van der Waals surface area (Å²) < 4.78 is 6.92. The number of esters is 1. The van der Waals surface area contributed by atoms with Gasteiger partial charge in [0.2, 0.25) is 0 Å². The monoisotopic (exact) mass is 352 g/mol. The van der Waals surface area contributed by atoms with E-state index in [1.165, 1.54) is 12.0 Å². The minimum Gasteiger partial charge on any atom is -0.467 e. The maximum absolute atomic E-state index is 13.0. The van der Waals surface area contributed by atoms with Crippen molar-refractivity contribution in [2.75, 3.05) is 7.11 Å². The van der Waals surface area contributed by atoms with Crippen LogP contribution in [-0.2, 0) is 22.5 Å². The summed E-state index contributed by atoms with van der Waals surface area (Å²) in [6, 6.07) is 7.90. The van der Waals surface area contributed by atoms with Crippen LogP contribution in [0.25, 0.3) is 0 Å². The van der Waals surface area contributed by atoms with Gasteiger partial charge in [0, 0.05) is 18.0 Å². The number of rotatable bonds is 3. The van der Waals surface area contributed by atoms with Crippen LogP contribution in [0, 0.1) is 11.3 Å². The van der Waals surface area contributed by atoms with Gasteiger partial charge in [-0.2, -0.15) is 5.26 Å². The van der Waals surface area contributed by atoms with Gasteiger partial charge in [0.15, 0.2) is 0 Å². The molecule has 7 heteroatoms. The van der Waals surface area contributed by atoms with Crippen molar-refractivity contribution in [1.82, 2.24) is 14.5 Å². The number of ether oxygens (including phenoxy) is 1. The molecule has 2 heterocycles. The summed E-state index contributed by atoms with van der Waals surface area (Å²) in [5.74, 6) is -0.733. The van der Waals surface area contributed by atoms with Crippen LogP contribution < -0.4 is 0 Å². The first-order valence-electron chi connectivity index (χ1n) is 8.39. The van der Waals surface area contributed by atoms with Crippen LogP contribution in [0.3, 0.4) is 0 Å². The zero-order chi connectivity index (χ0) is 18.8. The molecule has 0 unspecified atom stereocenters. The second kappa shape index (κ2) is 7.00. The smallest absolute Gasteiger partial charge is 0.329 e. The number of carbonyl (C=O) groups is 2. The fourth-order valence-electron chi connectivity index (χ4n) is 3.19. The van der Waals surface area contributed by atoms with E-state index in [9.17, 15) is 9.59 Å². The van der Waals surface area contributed by atoms with E-state index in [0.717, 1.165) is 11.4 Å². The molecule has 7 nitrogen and oxygen atoms in total. The Balaban J connectivity index is 1.98. The Morgan fingerprint density at radius 3 is 2.58 bits per heavy atom. The van der Waals surface area contributed by atoms with E-state index in [1.807, 2.05) is 24.5 Å². The van der Waals surface area contributed by atoms with Gasteiger partial charge < -0.3 is 14.2 Å². The molecule has 0 radical (unpaired) electrons. The molecule has 1 atom stereocenters. The largest absolute Gasteiger partial charge is 0.467 e. The maximum atomic E-state index is 13.0. The summed E-state index contributed by atoms with van der Waals surface area (Å²) in [7, 11) is 1.31. The number of amides is 1. The lowest BCUT2D eigenvalue weighted by Crippen LogP contribution is -2.49. The van der Waals surface area contributed by atoms with E-state index in [0.29, 0.717) is 17.5 Å². The van der Waals surface area contributed by atoms with Crippen molar-refractivity contribution in [1.29, 1.82) is 5.26 Å². The van der Waals surface area contributed by atoms with Gasteiger partial charge in [-0.1, -0.05) is 0 Å². The van der Waals surface area contributed by atoms with Crippen LogP contribution in [0.15, 0.2) is 30.6 Å². The van der Waals surface area contributed by atoms with Gasteiger partial charge in [0.25, 0.3) is 5.91 Å². The highest BCUT2D eigenvalue weighted by Gasteiger charge is 2.38. The summed E-state index contributed by atoms with van der Waals surface area (Å²) in [5.41, 5.74) is 2.65. The number of imidazole rings is 1. The summed E-state index contributed by atoms with van der Waals surface area (Å²) >= 11 is 0. The van der Waals surface area contributed by atoms with Crippen LogP contribution in [0.2, 0.25) is 0 Å². The van der Waals surface area contributed by atoms with Crippen molar-refractivity contribution < 1.29 is 14.3 Å². The van der Waals surface area contributed by atoms with E-state index in [4.69, 9.17) is 10.00 Å². The number of hydrogen-bond acceptors (Lipinski definition) is 5. The number of methoxy groups -OCH3 is 1. The zero-order valence-electron chi connectivity index (χ0n) is 15.0. The van der Waals surface area contributed by atoms with Crippen molar-refractivity contribution in [3.8, 4) is 6.07 Å². The van der Waals surface area contributed by atoms with Crippen LogP contribution in [-0.4, -0.2) is 39.5 Å². The lowest BCUT2D eigenvalue weighted by molar-refractivity contribution is -0.146. The van der Waals surface area contributed by atoms with E-state index >= 15 is 0 Å². The molecule has 1 amide bonds. The Bertz CT molecular complexity index is 877. The third-order valence-electron chi connectivity index (χ3n) is 4.62. The molecule has 0 bridgehead atoms. The molecule has 1 aliphatic rings. The van der Waals surface area contributed by atoms with Crippen molar-refractivity contribution in [3.63, 3.8) is 0 Å². The predicted molar refractivity (Wildman–Crippen MR) is 93.2 cm³/mol. The third-order valence-corrected chi connectivity index (χ3v) is 4.62. The summed E-state index contributed by atoms with van der Waals surface area (Å²) in [4.78, 5) is 31.3. The molecule has 2 aromatic rings. The molecule has 0 aliphatic carbocycles. The summed E-state index contributed by atoms with van der Waals surface area (Å²) in [6.45, 7) is 4.37. The van der Waals surface area contributed by atoms with Crippen LogP contribution in [0.1, 0.15) is 47.2 Å². The number of carbonyl (C=O) groups excluding carboxylic acids is 2. The lowest BCUT2D eigenvalue weighted by atomic mass is 10.0. The second-order valence-corrected chi connectivity index (χ2v) is 6.50. The highest BCUT2D eigenvalue weighted by molar-refractivity contribution is 5.97. The van der Waals surface area contributed by atoms with Gasteiger partial charge in [0.1, 0.15) is 6.04 Å². The van der Waals surface area contributed by atoms with E-state index in [-0.39, 0.29) is 18.5 Å². The number of nitrogens with zero attached hydrogens (tertiary/aromatic N) is 4. The van der Waals surface area contributed by atoms with E-state index in [2.05, 4.69) is 4.98 Å². The van der Waals surface area contributed by atoms with Crippen molar-refractivity contribution >= 4 is 11.9 Å². The molecular formula is C19H20N4O3. The molecule has 26 heavy (non-hydrogen) atoms. The van der Waals surface area contributed by atoms with Crippen LogP contribution >= 0.6 is 0 Å². The average Bonchev–Trinajstić information content (AvgIpc) is 3.09. The van der Waals surface area contributed by atoms with Crippen molar-refractivity contribution in [3.05, 3.63) is 53.1 Å². The Morgan fingerprint density at radius 2 is 2.00 bits per heavy atom. The average molecular weight is 352 g/mol. The van der Waals surface area contributed by atoms with Gasteiger partial charge in [-0.15, -0.1) is 0 Å². The minimum atomic E-state index is -0.717. The van der Waals surface area contributed by atoms with Gasteiger partial charge >= 0.3 is 5.97 Å². The topological polar surface area (TPSA) is 88.2 Å². The molecular weight excluding hydrogens is 332 g/mol. The lowest BCUT2D eigenvalue weighted by Gasteiger charge is -2.34. The predicted octanol–water partition coefficient (Wildman–Crippen LogP) is 2.08. The summed E-state index contributed by atoms with van der Waals surface area (Å²) in [5, 5.41) is 8.91. The molecule has 1 aromatic carbocycles. The standard InChI is InChI=1S/C19H20N4O3/c1-12(2)23-11-21-15-8-16(19(25)26-3)22(10-17(15)23)18(24)14-6-4-13(9-20)5-7-14/h4-7,11-12,16H,8,10H2,1-3H3/t16-/m0/s1. The Morgan fingerprint density at radius 1 is 1.31 bits per heavy atom. The highest BCUT2D eigenvalue weighted by Crippen LogP contribution is 2.27. The van der Waals surface area contributed by atoms with Crippen molar-refractivity contribution in [2.45, 2.75) is 38.9 Å². The Kier molecular flexibility index (Phi) is 4.76. The normalized spacial score (nSPS) is 16.1. The van der Waals surface area contributed by atoms with Crippen LogP contribution in [0.5, 0.6) is 0 Å². The van der Waals surface area contributed by atoms with Gasteiger partial charge in [-0.05, 0) is 38.1 Å². The molecule has 0 spiro atoms. The Labute approximate surface area is 151 Å². The molecule has 0 saturated heterocycles. The fourth-order valence-corrected chi connectivity index (χ4v) is 3.19. The first-order valence-corrected chi connectivity index (χ1v) is 8.39. The maximum Gasteiger partial charge on any atom is 0.329 e. The molecule has 0 N–H and O–H groups in total. The first-order chi connectivity index (χ1) is 12.5. The first kappa shape index (κ1) is 17.7. The molecule has 0 fully saturated rings. The van der Waals surface area contributed by atoms with Crippen molar-refractivity contribution in [2.24, 2.45) is 0 Å². The number of hydrogen-bond donors (Lipinski definition) is 0. The van der Waals surface area contributed by atoms with E-state index < -0.39 is 12.0 Å². The Hall–Kier alpha value is -3.14. The number of fused-ring (bicyclic) bond motifs is 1. The molecule has 1 aromatic heterocycles. The fraction of sp³-hybridized carbons (Fsp3) is 0.368.